The summed E-state index contributed by atoms with van der Waals surface area (Å²) in [6.45, 7) is 5.95. The number of carbonyl (C=O) groups is 1. The minimum atomic E-state index is -0.404. The van der Waals surface area contributed by atoms with Crippen LogP contribution in [0, 0.1) is 6.92 Å². The fourth-order valence-corrected chi connectivity index (χ4v) is 2.45. The van der Waals surface area contributed by atoms with Gasteiger partial charge in [-0.2, -0.15) is 0 Å². The molecule has 1 aliphatic heterocycles. The molecule has 1 saturated heterocycles. The van der Waals surface area contributed by atoms with E-state index in [4.69, 9.17) is 0 Å². The highest BCUT2D eigenvalue weighted by molar-refractivity contribution is 5.99. The van der Waals surface area contributed by atoms with Crippen LogP contribution in [0.5, 0.6) is 0 Å². The second-order valence-electron chi connectivity index (χ2n) is 5.35. The molecule has 1 unspecified atom stereocenters. The highest BCUT2D eigenvalue weighted by Gasteiger charge is 2.24. The minimum Gasteiger partial charge on any atom is -0.391 e. The summed E-state index contributed by atoms with van der Waals surface area (Å²) in [7, 11) is 0. The van der Waals surface area contributed by atoms with E-state index in [0.29, 0.717) is 18.7 Å². The molecule has 5 heteroatoms. The van der Waals surface area contributed by atoms with Crippen LogP contribution in [0.3, 0.4) is 0 Å². The van der Waals surface area contributed by atoms with Gasteiger partial charge in [0.2, 0.25) is 0 Å². The van der Waals surface area contributed by atoms with Gasteiger partial charge in [-0.25, -0.2) is 0 Å². The maximum Gasteiger partial charge on any atom is 0.257 e. The number of amides is 1. The third-order valence-corrected chi connectivity index (χ3v) is 3.52. The van der Waals surface area contributed by atoms with Crippen LogP contribution < -0.4 is 5.32 Å². The number of nitrogens with one attached hydrogen (secondary N) is 1. The van der Waals surface area contributed by atoms with Crippen LogP contribution in [0.25, 0.3) is 0 Å². The molecule has 1 aromatic rings. The van der Waals surface area contributed by atoms with Crippen LogP contribution in [0.4, 0.5) is 5.69 Å². The largest absolute Gasteiger partial charge is 0.391 e. The van der Waals surface area contributed by atoms with Crippen molar-refractivity contribution in [2.24, 2.45) is 0 Å². The fourth-order valence-electron chi connectivity index (χ4n) is 2.45. The number of aliphatic hydroxyl groups is 1. The Hall–Kier alpha value is -1.62. The van der Waals surface area contributed by atoms with E-state index in [9.17, 15) is 9.90 Å². The molecule has 1 fully saturated rings. The number of carbonyl (C=O) groups excluding carboxylic acids is 1. The number of pyridine rings is 1. The number of nitrogens with zero attached hydrogens (tertiary/aromatic N) is 2. The summed E-state index contributed by atoms with van der Waals surface area (Å²) in [6.07, 6.45) is 3.85. The van der Waals surface area contributed by atoms with Crippen molar-refractivity contribution in [2.75, 3.05) is 25.0 Å². The summed E-state index contributed by atoms with van der Waals surface area (Å²) in [5, 5.41) is 13.0. The van der Waals surface area contributed by atoms with Gasteiger partial charge in [-0.05, 0) is 32.3 Å². The fraction of sp³-hybridized carbons (Fsp3) is 0.600. The minimum absolute atomic E-state index is 0.0464. The number of hydrogen-bond acceptors (Lipinski definition) is 4. The summed E-state index contributed by atoms with van der Waals surface area (Å²) < 4.78 is 0. The van der Waals surface area contributed by atoms with E-state index in [1.54, 1.807) is 11.1 Å². The van der Waals surface area contributed by atoms with Gasteiger partial charge in [0.25, 0.3) is 5.91 Å². The summed E-state index contributed by atoms with van der Waals surface area (Å²) in [4.78, 5) is 18.5. The highest BCUT2D eigenvalue weighted by Crippen LogP contribution is 2.20. The molecule has 0 aliphatic carbocycles. The molecule has 1 aliphatic rings. The van der Waals surface area contributed by atoms with Crippen molar-refractivity contribution in [1.82, 2.24) is 9.88 Å². The number of β-amino-alcohol motifs (C(OH)–C–C–N with tert-alkyl or cyclic N) is 1. The first-order valence-electron chi connectivity index (χ1n) is 7.29. The molecule has 2 heterocycles. The molecule has 1 atom stereocenters. The second-order valence-corrected chi connectivity index (χ2v) is 5.35. The van der Waals surface area contributed by atoms with Crippen LogP contribution >= 0.6 is 0 Å². The van der Waals surface area contributed by atoms with Crippen molar-refractivity contribution in [3.63, 3.8) is 0 Å². The Morgan fingerprint density at radius 2 is 2.40 bits per heavy atom. The van der Waals surface area contributed by atoms with Crippen LogP contribution in [-0.4, -0.2) is 46.6 Å². The number of piperidine rings is 1. The molecule has 0 bridgehead atoms. The van der Waals surface area contributed by atoms with Gasteiger partial charge in [0, 0.05) is 31.5 Å². The lowest BCUT2D eigenvalue weighted by atomic mass is 10.1. The Kier molecular flexibility index (Phi) is 4.95. The monoisotopic (exact) mass is 277 g/mol. The first kappa shape index (κ1) is 14.8. The highest BCUT2D eigenvalue weighted by atomic mass is 16.3. The lowest BCUT2D eigenvalue weighted by Crippen LogP contribution is -2.42. The average Bonchev–Trinajstić information content (AvgIpc) is 2.44. The molecular weight excluding hydrogens is 254 g/mol. The van der Waals surface area contributed by atoms with Crippen molar-refractivity contribution in [3.05, 3.63) is 23.5 Å². The zero-order chi connectivity index (χ0) is 14.5. The van der Waals surface area contributed by atoms with Gasteiger partial charge in [0.1, 0.15) is 0 Å². The third-order valence-electron chi connectivity index (χ3n) is 3.52. The summed E-state index contributed by atoms with van der Waals surface area (Å²) in [5.74, 6) is -0.0464. The van der Waals surface area contributed by atoms with E-state index in [-0.39, 0.29) is 5.91 Å². The number of aromatic nitrogens is 1. The zero-order valence-electron chi connectivity index (χ0n) is 12.2. The molecular formula is C15H23N3O2. The van der Waals surface area contributed by atoms with Crippen LogP contribution in [0.1, 0.15) is 42.2 Å². The van der Waals surface area contributed by atoms with E-state index >= 15 is 0 Å². The van der Waals surface area contributed by atoms with E-state index in [2.05, 4.69) is 17.2 Å². The SMILES string of the molecule is CCCNc1cc(C)ncc1C(=O)N1CCCC(O)C1. The lowest BCUT2D eigenvalue weighted by molar-refractivity contribution is 0.0474. The Morgan fingerprint density at radius 3 is 3.10 bits per heavy atom. The number of rotatable bonds is 4. The van der Waals surface area contributed by atoms with Gasteiger partial charge in [-0.15, -0.1) is 0 Å². The average molecular weight is 277 g/mol. The summed E-state index contributed by atoms with van der Waals surface area (Å²) >= 11 is 0. The van der Waals surface area contributed by atoms with Crippen LogP contribution in [-0.2, 0) is 0 Å². The van der Waals surface area contributed by atoms with E-state index in [0.717, 1.165) is 37.2 Å². The second kappa shape index (κ2) is 6.70. The molecule has 0 aromatic carbocycles. The predicted molar refractivity (Wildman–Crippen MR) is 78.9 cm³/mol. The first-order chi connectivity index (χ1) is 9.61. The standard InChI is InChI=1S/C15H23N3O2/c1-3-6-16-14-8-11(2)17-9-13(14)15(20)18-7-4-5-12(19)10-18/h8-9,12,19H,3-7,10H2,1-2H3,(H,16,17). The molecule has 110 valence electrons. The summed E-state index contributed by atoms with van der Waals surface area (Å²) in [5.41, 5.74) is 2.32. The Bertz CT molecular complexity index is 476. The molecule has 20 heavy (non-hydrogen) atoms. The lowest BCUT2D eigenvalue weighted by Gasteiger charge is -2.30. The Morgan fingerprint density at radius 1 is 1.60 bits per heavy atom. The van der Waals surface area contributed by atoms with Crippen LogP contribution in [0.2, 0.25) is 0 Å². The third kappa shape index (κ3) is 3.48. The Balaban J connectivity index is 2.19. The van der Waals surface area contributed by atoms with Crippen molar-refractivity contribution in [3.8, 4) is 0 Å². The number of likely N-dealkylation sites (tertiary alicyclic amines) is 1. The smallest absolute Gasteiger partial charge is 0.257 e. The van der Waals surface area contributed by atoms with Gasteiger partial charge in [0.15, 0.2) is 0 Å². The molecule has 1 aromatic heterocycles. The topological polar surface area (TPSA) is 65.5 Å². The van der Waals surface area contributed by atoms with Crippen molar-refractivity contribution in [1.29, 1.82) is 0 Å². The number of aryl methyl sites for hydroxylation is 1. The first-order valence-corrected chi connectivity index (χ1v) is 7.29. The van der Waals surface area contributed by atoms with Gasteiger partial charge in [-0.1, -0.05) is 6.92 Å². The predicted octanol–water partition coefficient (Wildman–Crippen LogP) is 1.81. The van der Waals surface area contributed by atoms with Crippen molar-refractivity contribution in [2.45, 2.75) is 39.2 Å². The molecule has 2 rings (SSSR count). The van der Waals surface area contributed by atoms with Crippen molar-refractivity contribution >= 4 is 11.6 Å². The maximum atomic E-state index is 12.6. The quantitative estimate of drug-likeness (QED) is 0.881. The number of hydrogen-bond donors (Lipinski definition) is 2. The zero-order valence-corrected chi connectivity index (χ0v) is 12.2. The summed E-state index contributed by atoms with van der Waals surface area (Å²) in [6, 6.07) is 1.91. The maximum absolute atomic E-state index is 12.6. The van der Waals surface area contributed by atoms with Gasteiger partial charge >= 0.3 is 0 Å². The molecule has 0 spiro atoms. The molecule has 2 N–H and O–H groups in total. The molecule has 5 nitrogen and oxygen atoms in total. The number of anilines is 1. The van der Waals surface area contributed by atoms with Crippen molar-refractivity contribution < 1.29 is 9.90 Å². The van der Waals surface area contributed by atoms with E-state index < -0.39 is 6.10 Å². The molecule has 0 radical (unpaired) electrons. The van der Waals surface area contributed by atoms with Gasteiger partial charge in [-0.3, -0.25) is 9.78 Å². The molecule has 0 saturated carbocycles. The van der Waals surface area contributed by atoms with E-state index in [1.165, 1.54) is 0 Å². The Labute approximate surface area is 120 Å². The number of aliphatic hydroxyl groups excluding tert-OH is 1. The molecule has 1 amide bonds. The van der Waals surface area contributed by atoms with Crippen LogP contribution in [0.15, 0.2) is 12.3 Å². The van der Waals surface area contributed by atoms with Gasteiger partial charge < -0.3 is 15.3 Å². The van der Waals surface area contributed by atoms with E-state index in [1.807, 2.05) is 13.0 Å². The normalized spacial score (nSPS) is 18.9. The van der Waals surface area contributed by atoms with Gasteiger partial charge in [0.05, 0.1) is 17.4 Å².